The fraction of sp³-hybridized carbons (Fsp3) is 0.600. The lowest BCUT2D eigenvalue weighted by atomic mass is 9.97. The van der Waals surface area contributed by atoms with Crippen LogP contribution in [0.4, 0.5) is 0 Å². The molecule has 7 heteroatoms. The van der Waals surface area contributed by atoms with Crippen molar-refractivity contribution in [2.75, 3.05) is 33.2 Å². The fourth-order valence-electron chi connectivity index (χ4n) is 3.43. The molecular weight excluding hydrogens is 374 g/mol. The minimum Gasteiger partial charge on any atom is -0.357 e. The molecule has 1 fully saturated rings. The third-order valence-electron chi connectivity index (χ3n) is 4.93. The van der Waals surface area contributed by atoms with Crippen molar-refractivity contribution in [1.82, 2.24) is 20.1 Å². The normalized spacial score (nSPS) is 16.6. The SMILES string of the molecule is CCNC(=NCC1CCN(Cc2cccs2)CC1)N(C)Cc1csc(C)n1. The highest BCUT2D eigenvalue weighted by molar-refractivity contribution is 7.10. The van der Waals surface area contributed by atoms with E-state index in [-0.39, 0.29) is 0 Å². The van der Waals surface area contributed by atoms with E-state index in [1.54, 1.807) is 11.3 Å². The first kappa shape index (κ1) is 20.3. The lowest BCUT2D eigenvalue weighted by molar-refractivity contribution is 0.182. The third-order valence-corrected chi connectivity index (χ3v) is 6.61. The molecule has 0 unspecified atom stereocenters. The summed E-state index contributed by atoms with van der Waals surface area (Å²) in [6.07, 6.45) is 2.48. The first-order chi connectivity index (χ1) is 13.1. The molecule has 0 radical (unpaired) electrons. The molecule has 27 heavy (non-hydrogen) atoms. The summed E-state index contributed by atoms with van der Waals surface area (Å²) in [4.78, 5) is 15.7. The fourth-order valence-corrected chi connectivity index (χ4v) is 4.78. The minimum atomic E-state index is 0.688. The van der Waals surface area contributed by atoms with E-state index in [2.05, 4.69) is 63.9 Å². The molecular formula is C20H31N5S2. The van der Waals surface area contributed by atoms with Gasteiger partial charge in [0.2, 0.25) is 0 Å². The van der Waals surface area contributed by atoms with Gasteiger partial charge in [0.15, 0.2) is 5.96 Å². The van der Waals surface area contributed by atoms with Crippen LogP contribution in [-0.4, -0.2) is 54.0 Å². The average molecular weight is 406 g/mol. The summed E-state index contributed by atoms with van der Waals surface area (Å²) < 4.78 is 0. The molecule has 5 nitrogen and oxygen atoms in total. The number of aliphatic imine (C=N–C) groups is 1. The molecule has 0 atom stereocenters. The molecule has 0 saturated carbocycles. The van der Waals surface area contributed by atoms with E-state index in [1.165, 1.54) is 30.8 Å². The van der Waals surface area contributed by atoms with Crippen LogP contribution in [0.1, 0.15) is 35.3 Å². The Morgan fingerprint density at radius 1 is 1.37 bits per heavy atom. The molecule has 1 saturated heterocycles. The number of guanidine groups is 1. The monoisotopic (exact) mass is 405 g/mol. The van der Waals surface area contributed by atoms with Crippen molar-refractivity contribution < 1.29 is 0 Å². The second-order valence-corrected chi connectivity index (χ2v) is 9.30. The highest BCUT2D eigenvalue weighted by Crippen LogP contribution is 2.21. The second-order valence-electron chi connectivity index (χ2n) is 7.21. The van der Waals surface area contributed by atoms with Gasteiger partial charge in [0.1, 0.15) is 0 Å². The van der Waals surface area contributed by atoms with Gasteiger partial charge in [0, 0.05) is 36.9 Å². The van der Waals surface area contributed by atoms with Gasteiger partial charge >= 0.3 is 0 Å². The number of thiophene rings is 1. The van der Waals surface area contributed by atoms with Gasteiger partial charge in [-0.2, -0.15) is 0 Å². The number of hydrogen-bond donors (Lipinski definition) is 1. The predicted molar refractivity (Wildman–Crippen MR) is 117 cm³/mol. The van der Waals surface area contributed by atoms with E-state index < -0.39 is 0 Å². The van der Waals surface area contributed by atoms with Crippen LogP contribution in [0.5, 0.6) is 0 Å². The number of thiazole rings is 1. The van der Waals surface area contributed by atoms with Gasteiger partial charge in [-0.1, -0.05) is 6.07 Å². The molecule has 2 aromatic heterocycles. The van der Waals surface area contributed by atoms with Crippen LogP contribution in [0, 0.1) is 12.8 Å². The molecule has 1 N–H and O–H groups in total. The van der Waals surface area contributed by atoms with Crippen LogP contribution >= 0.6 is 22.7 Å². The van der Waals surface area contributed by atoms with Gasteiger partial charge < -0.3 is 10.2 Å². The maximum Gasteiger partial charge on any atom is 0.194 e. The second kappa shape index (κ2) is 10.2. The van der Waals surface area contributed by atoms with Crippen LogP contribution in [0.3, 0.4) is 0 Å². The summed E-state index contributed by atoms with van der Waals surface area (Å²) in [5, 5.41) is 8.86. The zero-order valence-corrected chi connectivity index (χ0v) is 18.3. The standard InChI is InChI=1S/C20H31N5S2/c1-4-21-20(24(3)13-18-15-27-16(2)23-18)22-12-17-7-9-25(10-8-17)14-19-6-5-11-26-19/h5-6,11,15,17H,4,7-10,12-14H2,1-3H3,(H,21,22). The Morgan fingerprint density at radius 2 is 2.19 bits per heavy atom. The van der Waals surface area contributed by atoms with Crippen LogP contribution < -0.4 is 5.32 Å². The Labute approximate surface area is 171 Å². The Morgan fingerprint density at radius 3 is 2.81 bits per heavy atom. The maximum atomic E-state index is 4.93. The van der Waals surface area contributed by atoms with E-state index >= 15 is 0 Å². The molecule has 1 aliphatic heterocycles. The van der Waals surface area contributed by atoms with Crippen LogP contribution in [0.15, 0.2) is 27.9 Å². The maximum absolute atomic E-state index is 4.93. The van der Waals surface area contributed by atoms with E-state index in [0.29, 0.717) is 5.92 Å². The van der Waals surface area contributed by atoms with Gasteiger partial charge in [0.05, 0.1) is 17.2 Å². The van der Waals surface area contributed by atoms with E-state index in [1.807, 2.05) is 11.3 Å². The van der Waals surface area contributed by atoms with Crippen LogP contribution in [-0.2, 0) is 13.1 Å². The van der Waals surface area contributed by atoms with Gasteiger partial charge in [-0.25, -0.2) is 4.98 Å². The Bertz CT molecular complexity index is 702. The van der Waals surface area contributed by atoms with Crippen molar-refractivity contribution in [3.63, 3.8) is 0 Å². The molecule has 3 heterocycles. The average Bonchev–Trinajstić information content (AvgIpc) is 3.31. The van der Waals surface area contributed by atoms with Crippen molar-refractivity contribution in [2.45, 2.75) is 39.8 Å². The number of nitrogens with zero attached hydrogens (tertiary/aromatic N) is 4. The summed E-state index contributed by atoms with van der Waals surface area (Å²) >= 11 is 3.57. The van der Waals surface area contributed by atoms with E-state index in [4.69, 9.17) is 4.99 Å². The van der Waals surface area contributed by atoms with Gasteiger partial charge in [-0.15, -0.1) is 22.7 Å². The number of rotatable bonds is 7. The zero-order valence-electron chi connectivity index (χ0n) is 16.6. The molecule has 2 aromatic rings. The van der Waals surface area contributed by atoms with Crippen LogP contribution in [0.25, 0.3) is 0 Å². The van der Waals surface area contributed by atoms with Crippen molar-refractivity contribution >= 4 is 28.6 Å². The number of hydrogen-bond acceptors (Lipinski definition) is 5. The number of aromatic nitrogens is 1. The molecule has 0 amide bonds. The van der Waals surface area contributed by atoms with E-state index in [0.717, 1.165) is 42.8 Å². The quantitative estimate of drug-likeness (QED) is 0.562. The predicted octanol–water partition coefficient (Wildman–Crippen LogP) is 3.82. The molecule has 0 aliphatic carbocycles. The summed E-state index contributed by atoms with van der Waals surface area (Å²) in [7, 11) is 2.10. The summed E-state index contributed by atoms with van der Waals surface area (Å²) in [6, 6.07) is 4.39. The van der Waals surface area contributed by atoms with Gasteiger partial charge in [-0.3, -0.25) is 9.89 Å². The zero-order chi connectivity index (χ0) is 19.1. The largest absolute Gasteiger partial charge is 0.357 e. The minimum absolute atomic E-state index is 0.688. The number of piperidine rings is 1. The molecule has 3 rings (SSSR count). The third kappa shape index (κ3) is 6.30. The van der Waals surface area contributed by atoms with Crippen molar-refractivity contribution in [3.8, 4) is 0 Å². The summed E-state index contributed by atoms with van der Waals surface area (Å²) in [6.45, 7) is 10.2. The van der Waals surface area contributed by atoms with Crippen molar-refractivity contribution in [3.05, 3.63) is 38.5 Å². The Balaban J connectivity index is 1.48. The summed E-state index contributed by atoms with van der Waals surface area (Å²) in [5.41, 5.74) is 1.12. The number of likely N-dealkylation sites (tertiary alicyclic amines) is 1. The van der Waals surface area contributed by atoms with Gasteiger partial charge in [-0.05, 0) is 57.1 Å². The Kier molecular flexibility index (Phi) is 7.67. The highest BCUT2D eigenvalue weighted by Gasteiger charge is 2.20. The topological polar surface area (TPSA) is 43.8 Å². The lowest BCUT2D eigenvalue weighted by Crippen LogP contribution is -2.39. The molecule has 0 aromatic carbocycles. The van der Waals surface area contributed by atoms with Crippen molar-refractivity contribution in [2.24, 2.45) is 10.9 Å². The molecule has 148 valence electrons. The lowest BCUT2D eigenvalue weighted by Gasteiger charge is -2.31. The molecule has 0 spiro atoms. The Hall–Kier alpha value is -1.44. The summed E-state index contributed by atoms with van der Waals surface area (Å²) in [5.74, 6) is 1.68. The number of nitrogens with one attached hydrogen (secondary N) is 1. The molecule has 0 bridgehead atoms. The van der Waals surface area contributed by atoms with Crippen LogP contribution in [0.2, 0.25) is 0 Å². The number of aryl methyl sites for hydroxylation is 1. The molecule has 1 aliphatic rings. The van der Waals surface area contributed by atoms with Gasteiger partial charge in [0.25, 0.3) is 0 Å². The first-order valence-corrected chi connectivity index (χ1v) is 11.5. The highest BCUT2D eigenvalue weighted by atomic mass is 32.1. The van der Waals surface area contributed by atoms with Crippen molar-refractivity contribution in [1.29, 1.82) is 0 Å². The van der Waals surface area contributed by atoms with E-state index in [9.17, 15) is 0 Å². The first-order valence-electron chi connectivity index (χ1n) is 9.79. The smallest absolute Gasteiger partial charge is 0.194 e.